The van der Waals surface area contributed by atoms with Crippen LogP contribution in [0, 0.1) is 5.82 Å². The topological polar surface area (TPSA) is 47.2 Å². The van der Waals surface area contributed by atoms with Crippen LogP contribution < -0.4 is 19.9 Å². The summed E-state index contributed by atoms with van der Waals surface area (Å²) in [6.45, 7) is 7.61. The van der Waals surface area contributed by atoms with Crippen molar-refractivity contribution in [1.82, 2.24) is 0 Å². The first kappa shape index (κ1) is 19.3. The van der Waals surface area contributed by atoms with E-state index < -0.39 is 0 Å². The summed E-state index contributed by atoms with van der Waals surface area (Å²) < 4.78 is 18.9. The van der Waals surface area contributed by atoms with E-state index in [0.717, 1.165) is 44.0 Å². The van der Waals surface area contributed by atoms with E-state index in [4.69, 9.17) is 4.74 Å². The average molecular weight is 373 g/mol. The van der Waals surface area contributed by atoms with Gasteiger partial charge in [0.1, 0.15) is 44.3 Å². The molecule has 1 heterocycles. The molecule has 0 aromatic heterocycles. The van der Waals surface area contributed by atoms with Gasteiger partial charge in [0.05, 0.1) is 12.3 Å². The van der Waals surface area contributed by atoms with Crippen molar-refractivity contribution in [3.63, 3.8) is 0 Å². The van der Waals surface area contributed by atoms with Crippen LogP contribution in [0.25, 0.3) is 0 Å². The summed E-state index contributed by atoms with van der Waals surface area (Å²) in [6.07, 6.45) is 0. The number of para-hydroxylation sites is 2. The number of carbonyl (C=O) groups excluding carboxylic acids is 1. The molecule has 2 aromatic carbocycles. The molecule has 27 heavy (non-hydrogen) atoms. The number of benzene rings is 2. The van der Waals surface area contributed by atoms with Gasteiger partial charge in [0.25, 0.3) is 5.91 Å². The maximum Gasteiger partial charge on any atom is 0.279 e. The number of hydrogen-bond acceptors (Lipinski definition) is 2. The van der Waals surface area contributed by atoms with Gasteiger partial charge in [-0.15, -0.1) is 0 Å². The third-order valence-corrected chi connectivity index (χ3v) is 4.88. The zero-order chi connectivity index (χ0) is 19.1. The van der Waals surface area contributed by atoms with E-state index in [9.17, 15) is 9.18 Å². The summed E-state index contributed by atoms with van der Waals surface area (Å²) in [4.78, 5) is 15.1. The van der Waals surface area contributed by atoms with Crippen molar-refractivity contribution in [3.05, 3.63) is 59.9 Å². The highest BCUT2D eigenvalue weighted by atomic mass is 19.1. The molecule has 0 spiro atoms. The third kappa shape index (κ3) is 5.77. The van der Waals surface area contributed by atoms with E-state index in [1.807, 2.05) is 37.3 Å². The van der Waals surface area contributed by atoms with Crippen LogP contribution in [0.5, 0.6) is 5.75 Å². The summed E-state index contributed by atoms with van der Waals surface area (Å²) in [5, 5.41) is 2.97. The minimum atomic E-state index is -0.180. The Kier molecular flexibility index (Phi) is 6.79. The maximum absolute atomic E-state index is 13.3. The lowest BCUT2D eigenvalue weighted by atomic mass is 10.2. The van der Waals surface area contributed by atoms with Crippen LogP contribution in [-0.4, -0.2) is 45.2 Å². The average Bonchev–Trinajstić information content (AvgIpc) is 2.65. The van der Waals surface area contributed by atoms with Gasteiger partial charge >= 0.3 is 0 Å². The zero-order valence-electron chi connectivity index (χ0n) is 15.8. The Morgan fingerprint density at radius 3 is 2.56 bits per heavy atom. The fourth-order valence-corrected chi connectivity index (χ4v) is 3.52. The fraction of sp³-hybridized carbons (Fsp3) is 0.381. The standard InChI is InChI=1S/C21H26FN3O2/c1-2-27-20-9-4-3-8-19(20)23-21(26)16-25-12-10-24(11-13-25)15-17-6-5-7-18(22)14-17/h3-9,14H,2,10-13,15-16H2,1H3,(H,23,26)/p+2. The fourth-order valence-electron chi connectivity index (χ4n) is 3.52. The predicted octanol–water partition coefficient (Wildman–Crippen LogP) is 0.147. The molecule has 6 heteroatoms. The predicted molar refractivity (Wildman–Crippen MR) is 103 cm³/mol. The Morgan fingerprint density at radius 1 is 1.07 bits per heavy atom. The summed E-state index contributed by atoms with van der Waals surface area (Å²) in [5.74, 6) is 0.526. The highest BCUT2D eigenvalue weighted by Gasteiger charge is 2.25. The minimum Gasteiger partial charge on any atom is -0.492 e. The number of amides is 1. The molecule has 5 nitrogen and oxygen atoms in total. The van der Waals surface area contributed by atoms with E-state index in [1.165, 1.54) is 15.9 Å². The first-order valence-corrected chi connectivity index (χ1v) is 9.57. The van der Waals surface area contributed by atoms with Crippen molar-refractivity contribution in [2.75, 3.05) is 44.6 Å². The molecule has 3 rings (SSSR count). The minimum absolute atomic E-state index is 0.00531. The van der Waals surface area contributed by atoms with E-state index in [1.54, 1.807) is 12.1 Å². The van der Waals surface area contributed by atoms with E-state index >= 15 is 0 Å². The number of quaternary nitrogens is 2. The molecule has 2 aromatic rings. The Labute approximate surface area is 159 Å². The molecule has 0 unspecified atom stereocenters. The van der Waals surface area contributed by atoms with Crippen molar-refractivity contribution in [2.45, 2.75) is 13.5 Å². The smallest absolute Gasteiger partial charge is 0.279 e. The van der Waals surface area contributed by atoms with Crippen LogP contribution in [-0.2, 0) is 11.3 Å². The van der Waals surface area contributed by atoms with Gasteiger partial charge in [0.2, 0.25) is 0 Å². The van der Waals surface area contributed by atoms with Gasteiger partial charge in [0, 0.05) is 5.56 Å². The number of halogens is 1. The van der Waals surface area contributed by atoms with Gasteiger partial charge in [0.15, 0.2) is 6.54 Å². The summed E-state index contributed by atoms with van der Waals surface area (Å²) in [7, 11) is 0. The molecule has 1 fully saturated rings. The molecular formula is C21H28FN3O2+2. The lowest BCUT2D eigenvalue weighted by Crippen LogP contribution is -3.28. The molecule has 1 saturated heterocycles. The second-order valence-electron chi connectivity index (χ2n) is 6.96. The number of carbonyl (C=O) groups is 1. The van der Waals surface area contributed by atoms with Crippen LogP contribution in [0.4, 0.5) is 10.1 Å². The summed E-state index contributed by atoms with van der Waals surface area (Å²) in [6, 6.07) is 14.3. The number of hydrogen-bond donors (Lipinski definition) is 3. The SMILES string of the molecule is CCOc1ccccc1NC(=O)C[NH+]1CC[NH+](Cc2cccc(F)c2)CC1. The first-order chi connectivity index (χ1) is 13.1. The molecule has 0 bridgehead atoms. The van der Waals surface area contributed by atoms with Crippen LogP contribution in [0.15, 0.2) is 48.5 Å². The molecule has 0 aliphatic carbocycles. The Balaban J connectivity index is 1.45. The summed E-state index contributed by atoms with van der Waals surface area (Å²) >= 11 is 0. The molecule has 0 radical (unpaired) electrons. The zero-order valence-corrected chi connectivity index (χ0v) is 15.8. The Morgan fingerprint density at radius 2 is 1.81 bits per heavy atom. The molecular weight excluding hydrogens is 345 g/mol. The summed E-state index contributed by atoms with van der Waals surface area (Å²) in [5.41, 5.74) is 1.75. The molecule has 1 amide bonds. The van der Waals surface area contributed by atoms with Crippen LogP contribution >= 0.6 is 0 Å². The van der Waals surface area contributed by atoms with Crippen LogP contribution in [0.2, 0.25) is 0 Å². The number of piperazine rings is 1. The van der Waals surface area contributed by atoms with Gasteiger partial charge < -0.3 is 19.9 Å². The van der Waals surface area contributed by atoms with Crippen molar-refractivity contribution in [1.29, 1.82) is 0 Å². The lowest BCUT2D eigenvalue weighted by Gasteiger charge is -2.29. The molecule has 144 valence electrons. The van der Waals surface area contributed by atoms with E-state index in [0.29, 0.717) is 18.9 Å². The van der Waals surface area contributed by atoms with Crippen molar-refractivity contribution >= 4 is 11.6 Å². The largest absolute Gasteiger partial charge is 0.492 e. The third-order valence-electron chi connectivity index (χ3n) is 4.88. The first-order valence-electron chi connectivity index (χ1n) is 9.57. The van der Waals surface area contributed by atoms with Gasteiger partial charge in [-0.1, -0.05) is 24.3 Å². The molecule has 0 atom stereocenters. The van der Waals surface area contributed by atoms with Crippen LogP contribution in [0.1, 0.15) is 12.5 Å². The van der Waals surface area contributed by atoms with Gasteiger partial charge in [-0.25, -0.2) is 4.39 Å². The maximum atomic E-state index is 13.3. The van der Waals surface area contributed by atoms with Gasteiger partial charge in [-0.2, -0.15) is 0 Å². The molecule has 1 aliphatic heterocycles. The quantitative estimate of drug-likeness (QED) is 0.647. The van der Waals surface area contributed by atoms with Gasteiger partial charge in [-0.05, 0) is 31.2 Å². The van der Waals surface area contributed by atoms with Crippen molar-refractivity contribution in [2.24, 2.45) is 0 Å². The molecule has 1 aliphatic rings. The van der Waals surface area contributed by atoms with Crippen molar-refractivity contribution in [3.8, 4) is 5.75 Å². The normalized spacial score (nSPS) is 19.5. The Hall–Kier alpha value is -2.44. The van der Waals surface area contributed by atoms with Gasteiger partial charge in [-0.3, -0.25) is 4.79 Å². The lowest BCUT2D eigenvalue weighted by molar-refractivity contribution is -1.02. The van der Waals surface area contributed by atoms with E-state index in [2.05, 4.69) is 5.32 Å². The molecule has 3 N–H and O–H groups in total. The number of rotatable bonds is 7. The highest BCUT2D eigenvalue weighted by Crippen LogP contribution is 2.23. The van der Waals surface area contributed by atoms with Crippen molar-refractivity contribution < 1.29 is 23.7 Å². The monoisotopic (exact) mass is 373 g/mol. The van der Waals surface area contributed by atoms with Crippen LogP contribution in [0.3, 0.4) is 0 Å². The number of nitrogens with one attached hydrogen (secondary N) is 3. The highest BCUT2D eigenvalue weighted by molar-refractivity contribution is 5.92. The van der Waals surface area contributed by atoms with E-state index in [-0.39, 0.29) is 11.7 Å². The number of ether oxygens (including phenoxy) is 1. The Bertz CT molecular complexity index is 761. The second-order valence-corrected chi connectivity index (χ2v) is 6.96. The number of anilines is 1. The second kappa shape index (κ2) is 9.48. The molecule has 0 saturated carbocycles.